The number of nitrogens with one attached hydrogen (secondary N) is 1. The molecule has 158 valence electrons. The molecule has 2 aromatic carbocycles. The van der Waals surface area contributed by atoms with E-state index in [1.165, 1.54) is 34.8 Å². The van der Waals surface area contributed by atoms with E-state index in [2.05, 4.69) is 10.3 Å². The molecule has 2 aromatic heterocycles. The number of benzene rings is 2. The number of rotatable bonds is 7. The molecule has 31 heavy (non-hydrogen) atoms. The number of sulfonamides is 1. The molecule has 0 aliphatic rings. The highest BCUT2D eigenvalue weighted by Gasteiger charge is 2.21. The van der Waals surface area contributed by atoms with Gasteiger partial charge in [0.1, 0.15) is 5.69 Å². The summed E-state index contributed by atoms with van der Waals surface area (Å²) >= 11 is 1.31. The predicted octanol–water partition coefficient (Wildman–Crippen LogP) is 4.48. The smallest absolute Gasteiger partial charge is 0.275 e. The van der Waals surface area contributed by atoms with Gasteiger partial charge in [0, 0.05) is 24.7 Å². The fourth-order valence-electron chi connectivity index (χ4n) is 2.90. The van der Waals surface area contributed by atoms with E-state index >= 15 is 0 Å². The van der Waals surface area contributed by atoms with E-state index in [0.29, 0.717) is 16.5 Å². The Labute approximate surface area is 184 Å². The van der Waals surface area contributed by atoms with E-state index in [-0.39, 0.29) is 23.0 Å². The summed E-state index contributed by atoms with van der Waals surface area (Å²) < 4.78 is 32.2. The quantitative estimate of drug-likeness (QED) is 0.446. The maximum atomic E-state index is 12.8. The molecule has 7 nitrogen and oxygen atoms in total. The van der Waals surface area contributed by atoms with Crippen LogP contribution in [0.4, 0.5) is 5.69 Å². The van der Waals surface area contributed by atoms with Gasteiger partial charge in [0.2, 0.25) is 10.0 Å². The van der Waals surface area contributed by atoms with Crippen molar-refractivity contribution in [1.29, 1.82) is 0 Å². The zero-order valence-corrected chi connectivity index (χ0v) is 18.2. The van der Waals surface area contributed by atoms with E-state index < -0.39 is 10.0 Å². The van der Waals surface area contributed by atoms with Gasteiger partial charge >= 0.3 is 0 Å². The number of carbonyl (C=O) groups excluding carboxylic acids is 1. The van der Waals surface area contributed by atoms with Crippen molar-refractivity contribution in [3.8, 4) is 10.8 Å². The standard InChI is InChI=1S/C22H19N3O4S2/c1-25(14-16-6-3-2-4-7-16)31(27,28)18-11-9-17(10-12-18)23-21(26)19-15-30-22(24-19)20-8-5-13-29-20/h2-13,15H,14H2,1H3,(H,23,26). The summed E-state index contributed by atoms with van der Waals surface area (Å²) in [4.78, 5) is 16.9. The monoisotopic (exact) mass is 453 g/mol. The van der Waals surface area contributed by atoms with Gasteiger partial charge in [-0.05, 0) is 42.0 Å². The third-order valence-corrected chi connectivity index (χ3v) is 7.21. The number of hydrogen-bond donors (Lipinski definition) is 1. The SMILES string of the molecule is CN(Cc1ccccc1)S(=O)(=O)c1ccc(NC(=O)c2csc(-c3ccco3)n2)cc1. The molecule has 0 fully saturated rings. The maximum Gasteiger partial charge on any atom is 0.275 e. The van der Waals surface area contributed by atoms with Crippen LogP contribution in [0.3, 0.4) is 0 Å². The summed E-state index contributed by atoms with van der Waals surface area (Å²) in [5.74, 6) is 0.212. The van der Waals surface area contributed by atoms with Crippen LogP contribution in [0.5, 0.6) is 0 Å². The summed E-state index contributed by atoms with van der Waals surface area (Å²) in [6, 6.07) is 19.0. The van der Waals surface area contributed by atoms with E-state index in [1.807, 2.05) is 30.3 Å². The second kappa shape index (κ2) is 8.84. The minimum Gasteiger partial charge on any atom is -0.462 e. The molecule has 4 rings (SSSR count). The van der Waals surface area contributed by atoms with Crippen molar-refractivity contribution >= 4 is 33.0 Å². The molecule has 0 unspecified atom stereocenters. The first-order valence-electron chi connectivity index (χ1n) is 9.34. The summed E-state index contributed by atoms with van der Waals surface area (Å²) in [6.07, 6.45) is 1.55. The van der Waals surface area contributed by atoms with Crippen LogP contribution in [-0.2, 0) is 16.6 Å². The first-order chi connectivity index (χ1) is 14.9. The van der Waals surface area contributed by atoms with Crippen LogP contribution in [0.2, 0.25) is 0 Å². The van der Waals surface area contributed by atoms with Gasteiger partial charge in [0.25, 0.3) is 5.91 Å². The number of hydrogen-bond acceptors (Lipinski definition) is 6. The second-order valence-electron chi connectivity index (χ2n) is 6.74. The third-order valence-electron chi connectivity index (χ3n) is 4.54. The Morgan fingerprint density at radius 3 is 2.48 bits per heavy atom. The lowest BCUT2D eigenvalue weighted by Crippen LogP contribution is -2.26. The number of nitrogens with zero attached hydrogens (tertiary/aromatic N) is 2. The lowest BCUT2D eigenvalue weighted by molar-refractivity contribution is 0.102. The van der Waals surface area contributed by atoms with Gasteiger partial charge in [-0.25, -0.2) is 13.4 Å². The van der Waals surface area contributed by atoms with E-state index in [9.17, 15) is 13.2 Å². The number of furan rings is 1. The number of anilines is 1. The van der Waals surface area contributed by atoms with Gasteiger partial charge < -0.3 is 9.73 Å². The van der Waals surface area contributed by atoms with Crippen LogP contribution in [0.25, 0.3) is 10.8 Å². The fourth-order valence-corrected chi connectivity index (χ4v) is 4.83. The van der Waals surface area contributed by atoms with Gasteiger partial charge in [-0.3, -0.25) is 4.79 Å². The molecule has 0 saturated carbocycles. The summed E-state index contributed by atoms with van der Waals surface area (Å²) in [6.45, 7) is 0.267. The Morgan fingerprint density at radius 1 is 1.06 bits per heavy atom. The normalized spacial score (nSPS) is 11.5. The Morgan fingerprint density at radius 2 is 1.81 bits per heavy atom. The van der Waals surface area contributed by atoms with Crippen molar-refractivity contribution in [1.82, 2.24) is 9.29 Å². The molecule has 0 spiro atoms. The molecule has 4 aromatic rings. The van der Waals surface area contributed by atoms with Crippen molar-refractivity contribution in [2.45, 2.75) is 11.4 Å². The second-order valence-corrected chi connectivity index (χ2v) is 9.64. The fraction of sp³-hybridized carbons (Fsp3) is 0.0909. The Bertz CT molecular complexity index is 1270. The van der Waals surface area contributed by atoms with Crippen LogP contribution in [0.15, 0.2) is 87.7 Å². The first-order valence-corrected chi connectivity index (χ1v) is 11.7. The third kappa shape index (κ3) is 4.74. The van der Waals surface area contributed by atoms with E-state index in [1.54, 1.807) is 35.9 Å². The van der Waals surface area contributed by atoms with Crippen LogP contribution in [0, 0.1) is 0 Å². The van der Waals surface area contributed by atoms with Crippen molar-refractivity contribution < 1.29 is 17.6 Å². The van der Waals surface area contributed by atoms with Crippen LogP contribution in [0.1, 0.15) is 16.1 Å². The molecule has 1 N–H and O–H groups in total. The summed E-state index contributed by atoms with van der Waals surface area (Å²) in [5.41, 5.74) is 1.63. The Balaban J connectivity index is 1.43. The average Bonchev–Trinajstić information content (AvgIpc) is 3.47. The molecule has 2 heterocycles. The molecule has 0 saturated heterocycles. The number of aromatic nitrogens is 1. The van der Waals surface area contributed by atoms with Crippen LogP contribution < -0.4 is 5.32 Å². The first kappa shape index (κ1) is 21.0. The lowest BCUT2D eigenvalue weighted by Gasteiger charge is -2.17. The average molecular weight is 454 g/mol. The van der Waals surface area contributed by atoms with Crippen molar-refractivity contribution in [2.24, 2.45) is 0 Å². The molecule has 0 atom stereocenters. The molecule has 1 amide bonds. The molecule has 0 aliphatic carbocycles. The molecule has 0 bridgehead atoms. The maximum absolute atomic E-state index is 12.8. The molecule has 0 radical (unpaired) electrons. The molecule has 9 heteroatoms. The number of carbonyl (C=O) groups is 1. The summed E-state index contributed by atoms with van der Waals surface area (Å²) in [5, 5.41) is 4.98. The highest BCUT2D eigenvalue weighted by molar-refractivity contribution is 7.89. The van der Waals surface area contributed by atoms with Gasteiger partial charge in [-0.1, -0.05) is 30.3 Å². The topological polar surface area (TPSA) is 92.5 Å². The molecule has 0 aliphatic heterocycles. The minimum absolute atomic E-state index is 0.151. The predicted molar refractivity (Wildman–Crippen MR) is 119 cm³/mol. The highest BCUT2D eigenvalue weighted by atomic mass is 32.2. The lowest BCUT2D eigenvalue weighted by atomic mass is 10.2. The van der Waals surface area contributed by atoms with Crippen molar-refractivity contribution in [3.63, 3.8) is 0 Å². The zero-order chi connectivity index (χ0) is 21.8. The summed E-state index contributed by atoms with van der Waals surface area (Å²) in [7, 11) is -2.12. The van der Waals surface area contributed by atoms with E-state index in [4.69, 9.17) is 4.42 Å². The Kier molecular flexibility index (Phi) is 5.99. The minimum atomic E-state index is -3.66. The van der Waals surface area contributed by atoms with E-state index in [0.717, 1.165) is 5.56 Å². The Hall–Kier alpha value is -3.27. The van der Waals surface area contributed by atoms with Crippen molar-refractivity contribution in [3.05, 3.63) is 89.6 Å². The van der Waals surface area contributed by atoms with Gasteiger partial charge in [-0.2, -0.15) is 4.31 Å². The van der Waals surface area contributed by atoms with Crippen molar-refractivity contribution in [2.75, 3.05) is 12.4 Å². The van der Waals surface area contributed by atoms with Gasteiger partial charge in [0.05, 0.1) is 11.2 Å². The zero-order valence-electron chi connectivity index (χ0n) is 16.6. The number of thiazole rings is 1. The molecular weight excluding hydrogens is 434 g/mol. The van der Waals surface area contributed by atoms with Crippen LogP contribution in [-0.4, -0.2) is 30.7 Å². The largest absolute Gasteiger partial charge is 0.462 e. The van der Waals surface area contributed by atoms with Crippen LogP contribution >= 0.6 is 11.3 Å². The number of amides is 1. The molecular formula is C22H19N3O4S2. The van der Waals surface area contributed by atoms with Gasteiger partial charge in [0.15, 0.2) is 10.8 Å². The highest BCUT2D eigenvalue weighted by Crippen LogP contribution is 2.25. The van der Waals surface area contributed by atoms with Gasteiger partial charge in [-0.15, -0.1) is 11.3 Å².